The number of nitrogens with one attached hydrogen (secondary N) is 2. The summed E-state index contributed by atoms with van der Waals surface area (Å²) in [5.41, 5.74) is 2.39. The second-order valence-electron chi connectivity index (χ2n) is 5.82. The van der Waals surface area contributed by atoms with Gasteiger partial charge in [-0.15, -0.1) is 10.2 Å². The third-order valence-electron chi connectivity index (χ3n) is 3.88. The number of methoxy groups -OCH3 is 2. The van der Waals surface area contributed by atoms with Crippen molar-refractivity contribution in [3.05, 3.63) is 65.7 Å². The fourth-order valence-corrected chi connectivity index (χ4v) is 2.45. The Bertz CT molecular complexity index is 925. The average molecular weight is 364 g/mol. The van der Waals surface area contributed by atoms with E-state index in [9.17, 15) is 4.79 Å². The number of ether oxygens (including phenoxy) is 2. The Morgan fingerprint density at radius 3 is 2.22 bits per heavy atom. The van der Waals surface area contributed by atoms with Gasteiger partial charge in [-0.3, -0.25) is 4.79 Å². The van der Waals surface area contributed by atoms with Crippen LogP contribution in [-0.2, 0) is 0 Å². The van der Waals surface area contributed by atoms with Crippen LogP contribution in [0.3, 0.4) is 0 Å². The first-order valence-corrected chi connectivity index (χ1v) is 8.30. The maximum Gasteiger partial charge on any atom is 0.256 e. The summed E-state index contributed by atoms with van der Waals surface area (Å²) in [6.07, 6.45) is 0. The highest BCUT2D eigenvalue weighted by Crippen LogP contribution is 2.27. The molecule has 0 radical (unpaired) electrons. The molecule has 138 valence electrons. The first-order chi connectivity index (χ1) is 13.1. The van der Waals surface area contributed by atoms with Gasteiger partial charge in [0.05, 0.1) is 19.9 Å². The molecule has 3 rings (SSSR count). The Kier molecular flexibility index (Phi) is 5.51. The second-order valence-corrected chi connectivity index (χ2v) is 5.82. The number of benzene rings is 2. The Hall–Kier alpha value is -3.61. The number of carbonyl (C=O) groups excluding carboxylic acids is 1. The predicted molar refractivity (Wildman–Crippen MR) is 104 cm³/mol. The molecular formula is C20H20N4O3. The van der Waals surface area contributed by atoms with Gasteiger partial charge in [-0.2, -0.15) is 0 Å². The number of amides is 1. The molecule has 7 heteroatoms. The summed E-state index contributed by atoms with van der Waals surface area (Å²) in [7, 11) is 3.19. The van der Waals surface area contributed by atoms with Crippen LogP contribution in [0, 0.1) is 6.92 Å². The van der Waals surface area contributed by atoms with Crippen molar-refractivity contribution in [3.8, 4) is 11.5 Å². The maximum atomic E-state index is 12.3. The number of aryl methyl sites for hydroxylation is 1. The van der Waals surface area contributed by atoms with Gasteiger partial charge >= 0.3 is 0 Å². The quantitative estimate of drug-likeness (QED) is 0.692. The van der Waals surface area contributed by atoms with E-state index in [4.69, 9.17) is 9.47 Å². The largest absolute Gasteiger partial charge is 0.497 e. The molecule has 0 saturated heterocycles. The van der Waals surface area contributed by atoms with E-state index in [2.05, 4.69) is 20.8 Å². The molecule has 2 aromatic carbocycles. The number of hydrogen-bond donors (Lipinski definition) is 2. The normalized spacial score (nSPS) is 10.2. The molecule has 0 fully saturated rings. The van der Waals surface area contributed by atoms with Crippen LogP contribution in [0.2, 0.25) is 0 Å². The molecule has 1 heterocycles. The van der Waals surface area contributed by atoms with Crippen LogP contribution in [0.4, 0.5) is 17.3 Å². The van der Waals surface area contributed by atoms with E-state index in [1.807, 2.05) is 25.1 Å². The van der Waals surface area contributed by atoms with Gasteiger partial charge < -0.3 is 20.1 Å². The second kappa shape index (κ2) is 8.18. The molecule has 0 atom stereocenters. The van der Waals surface area contributed by atoms with E-state index in [0.29, 0.717) is 28.7 Å². The highest BCUT2D eigenvalue weighted by atomic mass is 16.5. The van der Waals surface area contributed by atoms with E-state index < -0.39 is 0 Å². The van der Waals surface area contributed by atoms with Crippen molar-refractivity contribution in [1.82, 2.24) is 10.2 Å². The Balaban J connectivity index is 1.68. The highest BCUT2D eigenvalue weighted by Gasteiger charge is 2.09. The third-order valence-corrected chi connectivity index (χ3v) is 3.88. The van der Waals surface area contributed by atoms with Gasteiger partial charge in [-0.1, -0.05) is 6.07 Å². The number of anilines is 3. The lowest BCUT2D eigenvalue weighted by atomic mass is 10.2. The fraction of sp³-hybridized carbons (Fsp3) is 0.150. The van der Waals surface area contributed by atoms with Crippen LogP contribution in [0.15, 0.2) is 54.6 Å². The molecule has 0 aliphatic rings. The molecule has 1 amide bonds. The fourth-order valence-electron chi connectivity index (χ4n) is 2.45. The minimum atomic E-state index is -0.270. The van der Waals surface area contributed by atoms with Crippen LogP contribution >= 0.6 is 0 Å². The Morgan fingerprint density at radius 2 is 1.59 bits per heavy atom. The van der Waals surface area contributed by atoms with Crippen LogP contribution < -0.4 is 20.1 Å². The summed E-state index contributed by atoms with van der Waals surface area (Å²) >= 11 is 0. The minimum Gasteiger partial charge on any atom is -0.497 e. The molecule has 27 heavy (non-hydrogen) atoms. The van der Waals surface area contributed by atoms with Crippen molar-refractivity contribution in [3.63, 3.8) is 0 Å². The minimum absolute atomic E-state index is 0.270. The predicted octanol–water partition coefficient (Wildman–Crippen LogP) is 3.80. The summed E-state index contributed by atoms with van der Waals surface area (Å²) < 4.78 is 10.4. The van der Waals surface area contributed by atoms with Crippen molar-refractivity contribution >= 4 is 23.2 Å². The Morgan fingerprint density at radius 1 is 0.889 bits per heavy atom. The Labute approximate surface area is 157 Å². The molecule has 0 bridgehead atoms. The summed E-state index contributed by atoms with van der Waals surface area (Å²) in [5.74, 6) is 2.03. The zero-order valence-corrected chi connectivity index (χ0v) is 15.3. The van der Waals surface area contributed by atoms with E-state index >= 15 is 0 Å². The number of aromatic nitrogens is 2. The van der Waals surface area contributed by atoms with Crippen LogP contribution in [-0.4, -0.2) is 30.3 Å². The molecule has 2 N–H and O–H groups in total. The van der Waals surface area contributed by atoms with Crippen molar-refractivity contribution < 1.29 is 14.3 Å². The summed E-state index contributed by atoms with van der Waals surface area (Å²) in [5, 5.41) is 14.0. The van der Waals surface area contributed by atoms with Gasteiger partial charge in [-0.05, 0) is 61.0 Å². The van der Waals surface area contributed by atoms with Crippen molar-refractivity contribution in [2.75, 3.05) is 24.9 Å². The van der Waals surface area contributed by atoms with Crippen LogP contribution in [0.1, 0.15) is 15.9 Å². The van der Waals surface area contributed by atoms with Gasteiger partial charge in [0.25, 0.3) is 5.91 Å². The molecule has 3 aromatic rings. The zero-order chi connectivity index (χ0) is 19.2. The molecule has 0 aliphatic heterocycles. The molecule has 0 saturated carbocycles. The van der Waals surface area contributed by atoms with Gasteiger partial charge in [0.1, 0.15) is 11.5 Å². The zero-order valence-electron chi connectivity index (χ0n) is 15.3. The number of carbonyl (C=O) groups is 1. The lowest BCUT2D eigenvalue weighted by Gasteiger charge is -2.11. The summed E-state index contributed by atoms with van der Waals surface area (Å²) in [6, 6.07) is 16.0. The molecular weight excluding hydrogens is 344 g/mol. The van der Waals surface area contributed by atoms with Crippen LogP contribution in [0.5, 0.6) is 11.5 Å². The smallest absolute Gasteiger partial charge is 0.256 e. The number of nitrogens with zero attached hydrogens (tertiary/aromatic N) is 2. The monoisotopic (exact) mass is 364 g/mol. The van der Waals surface area contributed by atoms with E-state index in [-0.39, 0.29) is 5.91 Å². The molecule has 1 aromatic heterocycles. The molecule has 0 unspecified atom stereocenters. The van der Waals surface area contributed by atoms with Crippen molar-refractivity contribution in [2.24, 2.45) is 0 Å². The van der Waals surface area contributed by atoms with Gasteiger partial charge in [0.15, 0.2) is 11.6 Å². The maximum absolute atomic E-state index is 12.3. The van der Waals surface area contributed by atoms with Gasteiger partial charge in [0, 0.05) is 5.56 Å². The lowest BCUT2D eigenvalue weighted by molar-refractivity contribution is 0.102. The van der Waals surface area contributed by atoms with E-state index in [0.717, 1.165) is 11.3 Å². The van der Waals surface area contributed by atoms with Crippen molar-refractivity contribution in [2.45, 2.75) is 6.92 Å². The van der Waals surface area contributed by atoms with Crippen LogP contribution in [0.25, 0.3) is 0 Å². The van der Waals surface area contributed by atoms with Crippen molar-refractivity contribution in [1.29, 1.82) is 0 Å². The molecule has 0 spiro atoms. The average Bonchev–Trinajstić information content (AvgIpc) is 2.70. The van der Waals surface area contributed by atoms with E-state index in [1.54, 1.807) is 50.6 Å². The first-order valence-electron chi connectivity index (χ1n) is 8.30. The molecule has 7 nitrogen and oxygen atoms in total. The standard InChI is InChI=1S/C20H20N4O3/c1-13-4-9-17(27-3)16(12-13)21-18-10-11-19(24-23-18)22-20(25)14-5-7-15(26-2)8-6-14/h4-12H,1-3H3,(H,21,23)(H,22,24,25). The number of hydrogen-bond acceptors (Lipinski definition) is 6. The number of rotatable bonds is 6. The van der Waals surface area contributed by atoms with Gasteiger partial charge in [-0.25, -0.2) is 0 Å². The topological polar surface area (TPSA) is 85.4 Å². The van der Waals surface area contributed by atoms with Gasteiger partial charge in [0.2, 0.25) is 0 Å². The first kappa shape index (κ1) is 18.2. The highest BCUT2D eigenvalue weighted by molar-refractivity contribution is 6.03. The summed E-state index contributed by atoms with van der Waals surface area (Å²) in [4.78, 5) is 12.3. The van der Waals surface area contributed by atoms with E-state index in [1.165, 1.54) is 0 Å². The lowest BCUT2D eigenvalue weighted by Crippen LogP contribution is -2.13. The summed E-state index contributed by atoms with van der Waals surface area (Å²) in [6.45, 7) is 1.99. The molecule has 0 aliphatic carbocycles. The third kappa shape index (κ3) is 4.52. The SMILES string of the molecule is COc1ccc(C(=O)Nc2ccc(Nc3cc(C)ccc3OC)nn2)cc1.